The molecule has 0 aromatic heterocycles. The molecule has 0 saturated carbocycles. The van der Waals surface area contributed by atoms with Gasteiger partial charge in [-0.3, -0.25) is 14.4 Å². The highest BCUT2D eigenvalue weighted by atomic mass is 16.6. The quantitative estimate of drug-likeness (QED) is 0.710. The van der Waals surface area contributed by atoms with Crippen LogP contribution in [0.3, 0.4) is 0 Å². The number of carbonyl (C=O) groups is 3. The Morgan fingerprint density at radius 3 is 2.64 bits per heavy atom. The molecule has 0 aliphatic carbocycles. The Morgan fingerprint density at radius 2 is 2.00 bits per heavy atom. The van der Waals surface area contributed by atoms with Gasteiger partial charge in [-0.2, -0.15) is 0 Å². The van der Waals surface area contributed by atoms with E-state index < -0.39 is 18.0 Å². The van der Waals surface area contributed by atoms with E-state index in [0.29, 0.717) is 11.4 Å². The number of carboxylic acid groups (broad SMARTS) is 1. The van der Waals surface area contributed by atoms with Gasteiger partial charge in [0.2, 0.25) is 5.91 Å². The lowest BCUT2D eigenvalue weighted by molar-refractivity contribution is -0.152. The number of hydrogen-bond donors (Lipinski definition) is 2. The second-order valence-electron chi connectivity index (χ2n) is 4.71. The molecule has 0 fully saturated rings. The van der Waals surface area contributed by atoms with Crippen LogP contribution in [0.25, 0.3) is 0 Å². The number of rotatable bonds is 8. The van der Waals surface area contributed by atoms with Crippen molar-refractivity contribution < 1.29 is 29.0 Å². The first kappa shape index (κ1) is 17.5. The molecule has 0 unspecified atom stereocenters. The fourth-order valence-electron chi connectivity index (χ4n) is 1.61. The molecule has 22 heavy (non-hydrogen) atoms. The minimum Gasteiger partial charge on any atom is -0.490 e. The van der Waals surface area contributed by atoms with Gasteiger partial charge >= 0.3 is 11.9 Å². The molecule has 1 rings (SSSR count). The average Bonchev–Trinajstić information content (AvgIpc) is 2.42. The topological polar surface area (TPSA) is 102 Å². The molecule has 1 atom stereocenters. The van der Waals surface area contributed by atoms with Crippen LogP contribution in [-0.2, 0) is 19.1 Å². The number of carboxylic acids is 1. The van der Waals surface area contributed by atoms with Gasteiger partial charge in [0.25, 0.3) is 0 Å². The van der Waals surface area contributed by atoms with Crippen molar-refractivity contribution in [1.82, 2.24) is 0 Å². The SMILES string of the molecule is CC(=O)Nc1cccc(OC[C@H](C)OC(=O)CCC(=O)O)c1. The number of nitrogens with one attached hydrogen (secondary N) is 1. The Hall–Kier alpha value is -2.57. The van der Waals surface area contributed by atoms with E-state index in [2.05, 4.69) is 5.32 Å². The Bertz CT molecular complexity index is 543. The van der Waals surface area contributed by atoms with Crippen LogP contribution in [0.4, 0.5) is 5.69 Å². The minimum atomic E-state index is -1.05. The summed E-state index contributed by atoms with van der Waals surface area (Å²) < 4.78 is 10.5. The molecular weight excluding hydrogens is 290 g/mol. The molecule has 0 saturated heterocycles. The molecule has 0 aliphatic rings. The molecular formula is C15H19NO6. The summed E-state index contributed by atoms with van der Waals surface area (Å²) in [6, 6.07) is 6.82. The van der Waals surface area contributed by atoms with Gasteiger partial charge in [0.1, 0.15) is 18.5 Å². The van der Waals surface area contributed by atoms with Crippen LogP contribution in [0, 0.1) is 0 Å². The first-order chi connectivity index (χ1) is 10.4. The van der Waals surface area contributed by atoms with Gasteiger partial charge in [0.15, 0.2) is 0 Å². The first-order valence-electron chi connectivity index (χ1n) is 6.78. The molecule has 0 bridgehead atoms. The Balaban J connectivity index is 2.40. The van der Waals surface area contributed by atoms with Crippen LogP contribution in [0.5, 0.6) is 5.75 Å². The maximum absolute atomic E-state index is 11.4. The van der Waals surface area contributed by atoms with Crippen LogP contribution >= 0.6 is 0 Å². The van der Waals surface area contributed by atoms with Crippen LogP contribution < -0.4 is 10.1 Å². The summed E-state index contributed by atoms with van der Waals surface area (Å²) in [6.07, 6.45) is -0.936. The van der Waals surface area contributed by atoms with E-state index in [9.17, 15) is 14.4 Å². The first-order valence-corrected chi connectivity index (χ1v) is 6.78. The smallest absolute Gasteiger partial charge is 0.306 e. The second kappa shape index (κ2) is 8.66. The highest BCUT2D eigenvalue weighted by Gasteiger charge is 2.12. The summed E-state index contributed by atoms with van der Waals surface area (Å²) in [5, 5.41) is 11.1. The third-order valence-corrected chi connectivity index (χ3v) is 2.51. The zero-order valence-electron chi connectivity index (χ0n) is 12.5. The summed E-state index contributed by atoms with van der Waals surface area (Å²) in [4.78, 5) is 32.7. The maximum atomic E-state index is 11.4. The Labute approximate surface area is 128 Å². The third kappa shape index (κ3) is 7.28. The lowest BCUT2D eigenvalue weighted by atomic mass is 10.3. The van der Waals surface area contributed by atoms with E-state index in [4.69, 9.17) is 14.6 Å². The number of benzene rings is 1. The standard InChI is InChI=1S/C15H19NO6/c1-10(22-15(20)7-6-14(18)19)9-21-13-5-3-4-12(8-13)16-11(2)17/h3-5,8,10H,6-7,9H2,1-2H3,(H,16,17)(H,18,19)/t10-/m0/s1. The molecule has 0 spiro atoms. The van der Waals surface area contributed by atoms with Crippen molar-refractivity contribution >= 4 is 23.5 Å². The normalized spacial score (nSPS) is 11.4. The van der Waals surface area contributed by atoms with E-state index in [1.54, 1.807) is 31.2 Å². The summed E-state index contributed by atoms with van der Waals surface area (Å²) in [7, 11) is 0. The van der Waals surface area contributed by atoms with Crippen molar-refractivity contribution in [2.75, 3.05) is 11.9 Å². The van der Waals surface area contributed by atoms with Crippen molar-refractivity contribution in [3.63, 3.8) is 0 Å². The van der Waals surface area contributed by atoms with Crippen molar-refractivity contribution in [3.8, 4) is 5.75 Å². The molecule has 0 heterocycles. The number of anilines is 1. The molecule has 120 valence electrons. The molecule has 7 heteroatoms. The number of ether oxygens (including phenoxy) is 2. The molecule has 2 N–H and O–H groups in total. The van der Waals surface area contributed by atoms with Crippen LogP contribution in [0.2, 0.25) is 0 Å². The van der Waals surface area contributed by atoms with Crippen molar-refractivity contribution in [3.05, 3.63) is 24.3 Å². The zero-order chi connectivity index (χ0) is 16.5. The third-order valence-electron chi connectivity index (χ3n) is 2.51. The van der Waals surface area contributed by atoms with Crippen molar-refractivity contribution in [1.29, 1.82) is 0 Å². The largest absolute Gasteiger partial charge is 0.490 e. The predicted molar refractivity (Wildman–Crippen MR) is 78.7 cm³/mol. The fourth-order valence-corrected chi connectivity index (χ4v) is 1.61. The summed E-state index contributed by atoms with van der Waals surface area (Å²) >= 11 is 0. The highest BCUT2D eigenvalue weighted by molar-refractivity contribution is 5.88. The lowest BCUT2D eigenvalue weighted by Crippen LogP contribution is -2.22. The van der Waals surface area contributed by atoms with Gasteiger partial charge in [0, 0.05) is 18.7 Å². The van der Waals surface area contributed by atoms with Gasteiger partial charge in [-0.15, -0.1) is 0 Å². The van der Waals surface area contributed by atoms with E-state index in [0.717, 1.165) is 0 Å². The summed E-state index contributed by atoms with van der Waals surface area (Å²) in [5.41, 5.74) is 0.608. The molecule has 0 aliphatic heterocycles. The number of aliphatic carboxylic acids is 1. The molecule has 7 nitrogen and oxygen atoms in total. The highest BCUT2D eigenvalue weighted by Crippen LogP contribution is 2.17. The fraction of sp³-hybridized carbons (Fsp3) is 0.400. The Kier molecular flexibility index (Phi) is 6.88. The molecule has 1 aromatic rings. The monoisotopic (exact) mass is 309 g/mol. The number of hydrogen-bond acceptors (Lipinski definition) is 5. The van der Waals surface area contributed by atoms with Gasteiger partial charge in [-0.25, -0.2) is 0 Å². The van der Waals surface area contributed by atoms with Crippen LogP contribution in [0.15, 0.2) is 24.3 Å². The average molecular weight is 309 g/mol. The van der Waals surface area contributed by atoms with Crippen LogP contribution in [0.1, 0.15) is 26.7 Å². The zero-order valence-corrected chi connectivity index (χ0v) is 12.5. The number of amides is 1. The van der Waals surface area contributed by atoms with E-state index in [-0.39, 0.29) is 25.4 Å². The van der Waals surface area contributed by atoms with E-state index in [1.165, 1.54) is 6.92 Å². The van der Waals surface area contributed by atoms with Gasteiger partial charge in [0.05, 0.1) is 12.8 Å². The van der Waals surface area contributed by atoms with Gasteiger partial charge in [-0.05, 0) is 19.1 Å². The van der Waals surface area contributed by atoms with Crippen LogP contribution in [-0.4, -0.2) is 35.7 Å². The van der Waals surface area contributed by atoms with Gasteiger partial charge < -0.3 is 19.9 Å². The predicted octanol–water partition coefficient (Wildman–Crippen LogP) is 1.82. The summed E-state index contributed by atoms with van der Waals surface area (Å²) in [6.45, 7) is 3.19. The summed E-state index contributed by atoms with van der Waals surface area (Å²) in [5.74, 6) is -1.28. The molecule has 0 radical (unpaired) electrons. The Morgan fingerprint density at radius 1 is 1.27 bits per heavy atom. The lowest BCUT2D eigenvalue weighted by Gasteiger charge is -2.14. The van der Waals surface area contributed by atoms with Gasteiger partial charge in [-0.1, -0.05) is 6.07 Å². The molecule has 1 aromatic carbocycles. The van der Waals surface area contributed by atoms with E-state index >= 15 is 0 Å². The second-order valence-corrected chi connectivity index (χ2v) is 4.71. The van der Waals surface area contributed by atoms with Crippen molar-refractivity contribution in [2.24, 2.45) is 0 Å². The number of carbonyl (C=O) groups excluding carboxylic acids is 2. The maximum Gasteiger partial charge on any atom is 0.306 e. The van der Waals surface area contributed by atoms with Crippen molar-refractivity contribution in [2.45, 2.75) is 32.8 Å². The number of esters is 1. The van der Waals surface area contributed by atoms with E-state index in [1.807, 2.05) is 0 Å². The minimum absolute atomic E-state index is 0.127. The molecule has 1 amide bonds.